The molecule has 2 rings (SSSR count). The molecule has 5 heteroatoms. The highest BCUT2D eigenvalue weighted by molar-refractivity contribution is 6.41. The predicted molar refractivity (Wildman–Crippen MR) is 78.3 cm³/mol. The Balaban J connectivity index is 2.82. The van der Waals surface area contributed by atoms with Crippen LogP contribution in [-0.4, -0.2) is 4.98 Å². The largest absolute Gasteiger partial charge is 0.323 e. The molecule has 0 atom stereocenters. The first kappa shape index (κ1) is 13.4. The molecule has 0 fully saturated rings. The molecule has 0 bridgehead atoms. The van der Waals surface area contributed by atoms with Gasteiger partial charge in [0.2, 0.25) is 0 Å². The van der Waals surface area contributed by atoms with Gasteiger partial charge in [0.15, 0.2) is 0 Å². The zero-order valence-electron chi connectivity index (χ0n) is 10.3. The third-order valence-electron chi connectivity index (χ3n) is 2.87. The Bertz CT molecular complexity index is 597. The number of nitrogens with two attached hydrogens (primary N) is 1. The first-order chi connectivity index (χ1) is 8.58. The number of hydrogen-bond acceptors (Lipinski definition) is 3. The second kappa shape index (κ2) is 5.31. The van der Waals surface area contributed by atoms with Crippen LogP contribution in [0.1, 0.15) is 24.6 Å². The van der Waals surface area contributed by atoms with Crippen molar-refractivity contribution >= 4 is 39.8 Å². The fourth-order valence-corrected chi connectivity index (χ4v) is 2.56. The van der Waals surface area contributed by atoms with Gasteiger partial charge in [-0.25, -0.2) is 0 Å². The third kappa shape index (κ3) is 2.26. The highest BCUT2D eigenvalue weighted by atomic mass is 35.5. The van der Waals surface area contributed by atoms with Crippen LogP contribution in [0.2, 0.25) is 10.0 Å². The van der Waals surface area contributed by atoms with Crippen molar-refractivity contribution in [1.82, 2.24) is 4.98 Å². The summed E-state index contributed by atoms with van der Waals surface area (Å²) in [6.45, 7) is 4.01. The van der Waals surface area contributed by atoms with E-state index in [1.165, 1.54) is 0 Å². The number of hydrogen-bond donors (Lipinski definition) is 2. The fraction of sp³-hybridized carbons (Fsp3) is 0.308. The molecule has 0 saturated heterocycles. The molecule has 0 aliphatic heterocycles. The summed E-state index contributed by atoms with van der Waals surface area (Å²) < 4.78 is 0. The van der Waals surface area contributed by atoms with Crippen molar-refractivity contribution < 1.29 is 0 Å². The molecule has 1 heterocycles. The van der Waals surface area contributed by atoms with Crippen molar-refractivity contribution in [3.63, 3.8) is 0 Å². The Hall–Kier alpha value is -1.03. The van der Waals surface area contributed by atoms with Crippen molar-refractivity contribution in [3.05, 3.63) is 33.4 Å². The Kier molecular flexibility index (Phi) is 3.95. The zero-order chi connectivity index (χ0) is 13.3. The number of fused-ring (bicyclic) bond motifs is 1. The number of nitrogens with zero attached hydrogens (tertiary/aromatic N) is 1. The first-order valence-electron chi connectivity index (χ1n) is 5.83. The molecular formula is C13H15Cl2N3. The van der Waals surface area contributed by atoms with Crippen molar-refractivity contribution in [3.8, 4) is 0 Å². The van der Waals surface area contributed by atoms with Gasteiger partial charge >= 0.3 is 0 Å². The lowest BCUT2D eigenvalue weighted by Crippen LogP contribution is -2.09. The van der Waals surface area contributed by atoms with Gasteiger partial charge in [-0.3, -0.25) is 10.8 Å². The lowest BCUT2D eigenvalue weighted by molar-refractivity contribution is 0.890. The normalized spacial score (nSPS) is 10.9. The van der Waals surface area contributed by atoms with E-state index in [-0.39, 0.29) is 0 Å². The molecule has 0 aliphatic rings. The lowest BCUT2D eigenvalue weighted by Gasteiger charge is -2.12. The Morgan fingerprint density at radius 2 is 2.06 bits per heavy atom. The number of aromatic nitrogens is 1. The third-order valence-corrected chi connectivity index (χ3v) is 3.64. The van der Waals surface area contributed by atoms with Gasteiger partial charge in [0, 0.05) is 11.1 Å². The molecule has 3 nitrogen and oxygen atoms in total. The van der Waals surface area contributed by atoms with Gasteiger partial charge in [-0.1, -0.05) is 36.5 Å². The SMILES string of the molecule is CCCc1cc(NN)c2c(Cl)c(C)cc(Cl)c2n1. The lowest BCUT2D eigenvalue weighted by atomic mass is 10.1. The van der Waals surface area contributed by atoms with Gasteiger partial charge in [0.1, 0.15) is 0 Å². The minimum Gasteiger partial charge on any atom is -0.323 e. The maximum Gasteiger partial charge on any atom is 0.0927 e. The molecule has 1 aromatic heterocycles. The van der Waals surface area contributed by atoms with E-state index >= 15 is 0 Å². The number of rotatable bonds is 3. The van der Waals surface area contributed by atoms with Gasteiger partial charge in [-0.05, 0) is 31.0 Å². The van der Waals surface area contributed by atoms with Gasteiger partial charge in [0.05, 0.1) is 21.2 Å². The molecule has 96 valence electrons. The number of pyridine rings is 1. The Morgan fingerprint density at radius 1 is 1.33 bits per heavy atom. The van der Waals surface area contributed by atoms with E-state index in [0.717, 1.165) is 35.2 Å². The van der Waals surface area contributed by atoms with E-state index in [0.29, 0.717) is 15.6 Å². The standard InChI is InChI=1S/C13H15Cl2N3/c1-3-4-8-6-10(18-16)11-12(15)7(2)5-9(14)13(11)17-8/h5-6H,3-4,16H2,1-2H3,(H,17,18). The summed E-state index contributed by atoms with van der Waals surface area (Å²) in [6.07, 6.45) is 1.90. The summed E-state index contributed by atoms with van der Waals surface area (Å²) >= 11 is 12.6. The van der Waals surface area contributed by atoms with E-state index in [2.05, 4.69) is 17.3 Å². The second-order valence-corrected chi connectivity index (χ2v) is 5.05. The van der Waals surface area contributed by atoms with E-state index in [4.69, 9.17) is 29.0 Å². The number of nitrogens with one attached hydrogen (secondary N) is 1. The number of aryl methyl sites for hydroxylation is 2. The Morgan fingerprint density at radius 3 is 2.67 bits per heavy atom. The van der Waals surface area contributed by atoms with Crippen molar-refractivity contribution in [1.29, 1.82) is 0 Å². The average Bonchev–Trinajstić information content (AvgIpc) is 2.35. The number of benzene rings is 1. The summed E-state index contributed by atoms with van der Waals surface area (Å²) in [6, 6.07) is 3.75. The molecule has 0 aliphatic carbocycles. The average molecular weight is 284 g/mol. The number of anilines is 1. The predicted octanol–water partition coefficient (Wildman–Crippen LogP) is 4.09. The van der Waals surface area contributed by atoms with Crippen LogP contribution < -0.4 is 11.3 Å². The number of halogens is 2. The van der Waals surface area contributed by atoms with Crippen LogP contribution in [0.4, 0.5) is 5.69 Å². The first-order valence-corrected chi connectivity index (χ1v) is 6.59. The van der Waals surface area contributed by atoms with Crippen LogP contribution >= 0.6 is 23.2 Å². The molecule has 0 saturated carbocycles. The van der Waals surface area contributed by atoms with E-state index in [1.54, 1.807) is 0 Å². The minimum absolute atomic E-state index is 0.598. The van der Waals surface area contributed by atoms with Gasteiger partial charge in [0.25, 0.3) is 0 Å². The van der Waals surface area contributed by atoms with Crippen LogP contribution in [0.5, 0.6) is 0 Å². The number of nitrogen functional groups attached to an aromatic ring is 1. The maximum absolute atomic E-state index is 6.32. The highest BCUT2D eigenvalue weighted by Crippen LogP contribution is 2.36. The summed E-state index contributed by atoms with van der Waals surface area (Å²) in [7, 11) is 0. The molecule has 2 aromatic rings. The van der Waals surface area contributed by atoms with Crippen LogP contribution in [0, 0.1) is 6.92 Å². The van der Waals surface area contributed by atoms with Crippen molar-refractivity contribution in [2.24, 2.45) is 5.84 Å². The monoisotopic (exact) mass is 283 g/mol. The molecule has 0 spiro atoms. The highest BCUT2D eigenvalue weighted by Gasteiger charge is 2.13. The van der Waals surface area contributed by atoms with Crippen LogP contribution in [0.25, 0.3) is 10.9 Å². The van der Waals surface area contributed by atoms with Crippen molar-refractivity contribution in [2.75, 3.05) is 5.43 Å². The smallest absolute Gasteiger partial charge is 0.0927 e. The van der Waals surface area contributed by atoms with Gasteiger partial charge in [-0.2, -0.15) is 0 Å². The minimum atomic E-state index is 0.598. The molecular weight excluding hydrogens is 269 g/mol. The van der Waals surface area contributed by atoms with Crippen molar-refractivity contribution in [2.45, 2.75) is 26.7 Å². The second-order valence-electron chi connectivity index (χ2n) is 4.27. The number of hydrazine groups is 1. The van der Waals surface area contributed by atoms with E-state index in [1.807, 2.05) is 19.1 Å². The van der Waals surface area contributed by atoms with E-state index in [9.17, 15) is 0 Å². The molecule has 3 N–H and O–H groups in total. The maximum atomic E-state index is 6.32. The van der Waals surface area contributed by atoms with Gasteiger partial charge in [-0.15, -0.1) is 0 Å². The molecule has 0 unspecified atom stereocenters. The molecule has 0 radical (unpaired) electrons. The van der Waals surface area contributed by atoms with Gasteiger partial charge < -0.3 is 5.43 Å². The topological polar surface area (TPSA) is 50.9 Å². The summed E-state index contributed by atoms with van der Waals surface area (Å²) in [5.41, 5.74) is 6.01. The summed E-state index contributed by atoms with van der Waals surface area (Å²) in [5, 5.41) is 2.02. The van der Waals surface area contributed by atoms with Crippen LogP contribution in [0.15, 0.2) is 12.1 Å². The van der Waals surface area contributed by atoms with E-state index < -0.39 is 0 Å². The molecule has 1 aromatic carbocycles. The quantitative estimate of drug-likeness (QED) is 0.659. The molecule has 18 heavy (non-hydrogen) atoms. The summed E-state index contributed by atoms with van der Waals surface area (Å²) in [5.74, 6) is 5.57. The van der Waals surface area contributed by atoms with Crippen LogP contribution in [-0.2, 0) is 6.42 Å². The fourth-order valence-electron chi connectivity index (χ4n) is 2.01. The Labute approximate surface area is 116 Å². The zero-order valence-corrected chi connectivity index (χ0v) is 11.9. The van der Waals surface area contributed by atoms with Crippen LogP contribution in [0.3, 0.4) is 0 Å². The molecule has 0 amide bonds. The summed E-state index contributed by atoms with van der Waals surface area (Å²) in [4.78, 5) is 4.56.